The maximum absolute atomic E-state index is 12.8. The molecule has 2 N–H and O–H groups in total. The minimum Gasteiger partial charge on any atom is -0.494 e. The van der Waals surface area contributed by atoms with E-state index in [4.69, 9.17) is 9.15 Å². The third kappa shape index (κ3) is 9.05. The zero-order chi connectivity index (χ0) is 30.8. The highest BCUT2D eigenvalue weighted by Crippen LogP contribution is 2.27. The third-order valence-corrected chi connectivity index (χ3v) is 7.43. The van der Waals surface area contributed by atoms with E-state index in [1.165, 1.54) is 25.7 Å². The van der Waals surface area contributed by atoms with Gasteiger partial charge in [-0.2, -0.15) is 0 Å². The number of unbranched alkanes of at least 4 members (excludes halogenated alkanes) is 4. The number of ether oxygens (including phenoxy) is 1. The van der Waals surface area contributed by atoms with E-state index in [1.54, 1.807) is 18.4 Å². The molecule has 0 fully saturated rings. The lowest BCUT2D eigenvalue weighted by atomic mass is 9.86. The van der Waals surface area contributed by atoms with E-state index >= 15 is 0 Å². The maximum atomic E-state index is 12.8. The molecule has 0 saturated heterocycles. The van der Waals surface area contributed by atoms with Crippen LogP contribution in [0, 0.1) is 0 Å². The maximum Gasteiger partial charge on any atom is 0.326 e. The second kappa shape index (κ2) is 14.7. The van der Waals surface area contributed by atoms with Gasteiger partial charge in [-0.25, -0.2) is 9.78 Å². The summed E-state index contributed by atoms with van der Waals surface area (Å²) in [7, 11) is 0. The van der Waals surface area contributed by atoms with Crippen molar-refractivity contribution >= 4 is 11.9 Å². The van der Waals surface area contributed by atoms with Gasteiger partial charge in [0, 0.05) is 23.1 Å². The van der Waals surface area contributed by atoms with E-state index in [-0.39, 0.29) is 11.8 Å². The van der Waals surface area contributed by atoms with Crippen LogP contribution in [-0.2, 0) is 16.6 Å². The zero-order valence-electron chi connectivity index (χ0n) is 25.6. The van der Waals surface area contributed by atoms with Gasteiger partial charge in [-0.3, -0.25) is 4.79 Å². The van der Waals surface area contributed by atoms with E-state index in [0.717, 1.165) is 34.4 Å². The molecule has 0 aliphatic heterocycles. The van der Waals surface area contributed by atoms with E-state index in [2.05, 4.69) is 38.0 Å². The van der Waals surface area contributed by atoms with E-state index in [9.17, 15) is 14.7 Å². The zero-order valence-corrected chi connectivity index (χ0v) is 25.6. The number of rotatable bonds is 14. The second-order valence-electron chi connectivity index (χ2n) is 11.9. The van der Waals surface area contributed by atoms with Crippen molar-refractivity contribution in [1.29, 1.82) is 0 Å². The lowest BCUT2D eigenvalue weighted by Crippen LogP contribution is -2.42. The van der Waals surface area contributed by atoms with Gasteiger partial charge in [-0.1, -0.05) is 89.8 Å². The van der Waals surface area contributed by atoms with Gasteiger partial charge in [0.25, 0.3) is 5.91 Å². The SMILES string of the molecule is CCCCCCCOc1ccc(-c2nc(-c3ccc(CC(NC(=O)c4ccc(C(C)(C)C)cc4)C(=O)O)cc3)co2)cc1. The Hall–Kier alpha value is -4.39. The second-order valence-corrected chi connectivity index (χ2v) is 11.9. The summed E-state index contributed by atoms with van der Waals surface area (Å²) in [6.45, 7) is 9.22. The van der Waals surface area contributed by atoms with Crippen LogP contribution in [0.5, 0.6) is 5.75 Å². The van der Waals surface area contributed by atoms with Gasteiger partial charge in [0.05, 0.1) is 6.61 Å². The van der Waals surface area contributed by atoms with Crippen molar-refractivity contribution in [1.82, 2.24) is 10.3 Å². The Kier molecular flexibility index (Phi) is 10.8. The Bertz CT molecular complexity index is 1470. The molecule has 1 aromatic heterocycles. The highest BCUT2D eigenvalue weighted by atomic mass is 16.5. The van der Waals surface area contributed by atoms with Gasteiger partial charge in [-0.15, -0.1) is 0 Å². The number of carboxylic acid groups (broad SMARTS) is 1. The topological polar surface area (TPSA) is 102 Å². The summed E-state index contributed by atoms with van der Waals surface area (Å²) < 4.78 is 11.6. The lowest BCUT2D eigenvalue weighted by Gasteiger charge is -2.19. The number of hydrogen-bond donors (Lipinski definition) is 2. The van der Waals surface area contributed by atoms with Gasteiger partial charge in [-0.05, 0) is 59.4 Å². The minimum atomic E-state index is -1.09. The van der Waals surface area contributed by atoms with Crippen LogP contribution in [0.25, 0.3) is 22.7 Å². The Balaban J connectivity index is 1.33. The Morgan fingerprint density at radius 3 is 2.16 bits per heavy atom. The van der Waals surface area contributed by atoms with Gasteiger partial charge in [0.1, 0.15) is 23.7 Å². The Morgan fingerprint density at radius 2 is 1.53 bits per heavy atom. The number of oxazole rings is 1. The van der Waals surface area contributed by atoms with Crippen molar-refractivity contribution in [3.63, 3.8) is 0 Å². The molecule has 0 aliphatic rings. The number of hydrogen-bond acceptors (Lipinski definition) is 5. The summed E-state index contributed by atoms with van der Waals surface area (Å²) in [6, 6.07) is 21.4. The normalized spacial score (nSPS) is 12.1. The number of amides is 1. The van der Waals surface area contributed by atoms with Gasteiger partial charge < -0.3 is 19.6 Å². The Labute approximate surface area is 254 Å². The summed E-state index contributed by atoms with van der Waals surface area (Å²) >= 11 is 0. The van der Waals surface area contributed by atoms with Gasteiger partial charge in [0.15, 0.2) is 0 Å². The van der Waals surface area contributed by atoms with Crippen LogP contribution in [0.4, 0.5) is 0 Å². The Morgan fingerprint density at radius 1 is 0.884 bits per heavy atom. The molecule has 0 spiro atoms. The number of benzene rings is 3. The van der Waals surface area contributed by atoms with Crippen molar-refractivity contribution in [3.05, 3.63) is 95.7 Å². The van der Waals surface area contributed by atoms with Crippen molar-refractivity contribution in [2.45, 2.75) is 77.7 Å². The van der Waals surface area contributed by atoms with Crippen LogP contribution >= 0.6 is 0 Å². The fourth-order valence-corrected chi connectivity index (χ4v) is 4.74. The summed E-state index contributed by atoms with van der Waals surface area (Å²) in [6.07, 6.45) is 7.77. The van der Waals surface area contributed by atoms with E-state index < -0.39 is 17.9 Å². The van der Waals surface area contributed by atoms with Gasteiger partial charge >= 0.3 is 5.97 Å². The highest BCUT2D eigenvalue weighted by molar-refractivity contribution is 5.96. The van der Waals surface area contributed by atoms with Crippen molar-refractivity contribution in [2.24, 2.45) is 0 Å². The molecule has 1 amide bonds. The van der Waals surface area contributed by atoms with Crippen LogP contribution in [-0.4, -0.2) is 34.6 Å². The van der Waals surface area contributed by atoms with Crippen LogP contribution in [0.2, 0.25) is 0 Å². The molecule has 4 aromatic rings. The number of nitrogens with zero attached hydrogens (tertiary/aromatic N) is 1. The van der Waals surface area contributed by atoms with Crippen LogP contribution in [0.15, 0.2) is 83.5 Å². The lowest BCUT2D eigenvalue weighted by molar-refractivity contribution is -0.139. The number of nitrogens with one attached hydrogen (secondary N) is 1. The predicted octanol–water partition coefficient (Wildman–Crippen LogP) is 8.08. The quantitative estimate of drug-likeness (QED) is 0.146. The summed E-state index contributed by atoms with van der Waals surface area (Å²) in [5.41, 5.74) is 4.65. The number of aromatic nitrogens is 1. The van der Waals surface area contributed by atoms with Crippen LogP contribution in [0.3, 0.4) is 0 Å². The fourth-order valence-electron chi connectivity index (χ4n) is 4.74. The molecule has 43 heavy (non-hydrogen) atoms. The summed E-state index contributed by atoms with van der Waals surface area (Å²) in [5.74, 6) is -0.167. The first-order chi connectivity index (χ1) is 20.6. The molecular formula is C36H42N2O5. The number of aliphatic carboxylic acids is 1. The number of carbonyl (C=O) groups excluding carboxylic acids is 1. The molecule has 1 atom stereocenters. The minimum absolute atomic E-state index is 0.0357. The monoisotopic (exact) mass is 582 g/mol. The first-order valence-corrected chi connectivity index (χ1v) is 15.1. The largest absolute Gasteiger partial charge is 0.494 e. The molecule has 3 aromatic carbocycles. The smallest absolute Gasteiger partial charge is 0.326 e. The predicted molar refractivity (Wildman–Crippen MR) is 169 cm³/mol. The molecule has 1 unspecified atom stereocenters. The molecule has 7 heteroatoms. The van der Waals surface area contributed by atoms with Crippen LogP contribution < -0.4 is 10.1 Å². The molecule has 1 heterocycles. The van der Waals surface area contributed by atoms with Gasteiger partial charge in [0.2, 0.25) is 5.89 Å². The molecule has 226 valence electrons. The third-order valence-electron chi connectivity index (χ3n) is 7.43. The van der Waals surface area contributed by atoms with Crippen molar-refractivity contribution in [2.75, 3.05) is 6.61 Å². The molecule has 0 radical (unpaired) electrons. The first-order valence-electron chi connectivity index (χ1n) is 15.1. The van der Waals surface area contributed by atoms with E-state index in [1.807, 2.05) is 60.7 Å². The summed E-state index contributed by atoms with van der Waals surface area (Å²) in [4.78, 5) is 29.4. The molecule has 7 nitrogen and oxygen atoms in total. The number of carboxylic acids is 1. The molecule has 0 aliphatic carbocycles. The fraction of sp³-hybridized carbons (Fsp3) is 0.361. The standard InChI is InChI=1S/C36H42N2O5/c1-5-6-7-8-9-22-42-30-20-16-28(17-21-30)34-38-32(24-43-34)26-12-10-25(11-13-26)23-31(35(40)41)37-33(39)27-14-18-29(19-15-27)36(2,3)4/h10-21,24,31H,5-9,22-23H2,1-4H3,(H,37,39)(H,40,41). The van der Waals surface area contributed by atoms with Crippen molar-refractivity contribution in [3.8, 4) is 28.5 Å². The van der Waals surface area contributed by atoms with E-state index in [0.29, 0.717) is 23.8 Å². The molecule has 0 saturated carbocycles. The average molecular weight is 583 g/mol. The van der Waals surface area contributed by atoms with Crippen LogP contribution in [0.1, 0.15) is 81.3 Å². The molecule has 0 bridgehead atoms. The number of carbonyl (C=O) groups is 2. The first kappa shape index (κ1) is 31.5. The average Bonchev–Trinajstić information content (AvgIpc) is 3.49. The highest BCUT2D eigenvalue weighted by Gasteiger charge is 2.22. The van der Waals surface area contributed by atoms with Crippen molar-refractivity contribution < 1.29 is 23.8 Å². The summed E-state index contributed by atoms with van der Waals surface area (Å²) in [5, 5.41) is 12.4. The molecule has 4 rings (SSSR count). The molecular weight excluding hydrogens is 540 g/mol.